The average molecular weight is 123 g/mol. The van der Waals surface area contributed by atoms with Crippen LogP contribution in [0.2, 0.25) is 0 Å². The Morgan fingerprint density at radius 1 is 1.33 bits per heavy atom. The van der Waals surface area contributed by atoms with Gasteiger partial charge in [0.25, 0.3) is 0 Å². The van der Waals surface area contributed by atoms with E-state index in [9.17, 15) is 0 Å². The van der Waals surface area contributed by atoms with Crippen LogP contribution in [-0.4, -0.2) is 0 Å². The van der Waals surface area contributed by atoms with Crippen LogP contribution < -0.4 is 0 Å². The van der Waals surface area contributed by atoms with Crippen LogP contribution in [0.3, 0.4) is 0 Å². The van der Waals surface area contributed by atoms with Crippen LogP contribution in [0.1, 0.15) is 38.5 Å². The molecule has 1 radical (unpaired) electrons. The maximum Gasteiger partial charge on any atom is -0.0283 e. The van der Waals surface area contributed by atoms with E-state index in [-0.39, 0.29) is 0 Å². The molecule has 0 aromatic carbocycles. The predicted octanol–water partition coefficient (Wildman–Crippen LogP) is 3.10. The van der Waals surface area contributed by atoms with Gasteiger partial charge in [-0.15, -0.1) is 0 Å². The average Bonchev–Trinajstić information content (AvgIpc) is 2.63. The zero-order valence-corrected chi connectivity index (χ0v) is 6.03. The highest BCUT2D eigenvalue weighted by molar-refractivity contribution is 5.15. The van der Waals surface area contributed by atoms with Gasteiger partial charge in [-0.05, 0) is 25.7 Å². The van der Waals surface area contributed by atoms with Crippen LogP contribution in [0.25, 0.3) is 0 Å². The molecule has 0 aromatic rings. The lowest BCUT2D eigenvalue weighted by atomic mass is 10.2. The number of hydrogen-bond donors (Lipinski definition) is 0. The summed E-state index contributed by atoms with van der Waals surface area (Å²) in [5.41, 5.74) is 1.68. The number of hydrogen-bond acceptors (Lipinski definition) is 0. The Labute approximate surface area is 58.0 Å². The molecule has 1 fully saturated rings. The zero-order valence-electron chi connectivity index (χ0n) is 6.03. The van der Waals surface area contributed by atoms with E-state index < -0.39 is 0 Å². The van der Waals surface area contributed by atoms with Gasteiger partial charge in [-0.1, -0.05) is 31.4 Å². The van der Waals surface area contributed by atoms with Crippen molar-refractivity contribution >= 4 is 0 Å². The Hall–Kier alpha value is -0.260. The Balaban J connectivity index is 1.87. The van der Waals surface area contributed by atoms with Crippen molar-refractivity contribution in [2.45, 2.75) is 38.5 Å². The fraction of sp³-hybridized carbons (Fsp3) is 0.667. The monoisotopic (exact) mass is 123 g/mol. The molecule has 0 aliphatic heterocycles. The molecular weight excluding hydrogens is 108 g/mol. The van der Waals surface area contributed by atoms with Crippen molar-refractivity contribution in [1.29, 1.82) is 0 Å². The molecule has 1 saturated carbocycles. The standard InChI is InChI=1S/C9H15/c1-2-3-4-5-6-9-7-8-9/h6H,1-5,7-8H2. The maximum absolute atomic E-state index is 3.80. The van der Waals surface area contributed by atoms with E-state index >= 15 is 0 Å². The molecule has 0 spiro atoms. The minimum atomic E-state index is 1.10. The first-order valence-corrected chi connectivity index (χ1v) is 3.90. The van der Waals surface area contributed by atoms with Crippen molar-refractivity contribution < 1.29 is 0 Å². The third-order valence-corrected chi connectivity index (χ3v) is 1.68. The largest absolute Gasteiger partial charge is 0.0853 e. The Kier molecular flexibility index (Phi) is 2.82. The van der Waals surface area contributed by atoms with E-state index in [4.69, 9.17) is 0 Å². The molecule has 0 unspecified atom stereocenters. The van der Waals surface area contributed by atoms with Crippen molar-refractivity contribution in [2.24, 2.45) is 0 Å². The lowest BCUT2D eigenvalue weighted by molar-refractivity contribution is 0.760. The summed E-state index contributed by atoms with van der Waals surface area (Å²) in [6.45, 7) is 3.80. The first kappa shape index (κ1) is 6.85. The summed E-state index contributed by atoms with van der Waals surface area (Å²) in [5, 5.41) is 0. The molecule has 0 bridgehead atoms. The first-order chi connectivity index (χ1) is 4.43. The van der Waals surface area contributed by atoms with Gasteiger partial charge in [0.2, 0.25) is 0 Å². The van der Waals surface area contributed by atoms with E-state index in [1.54, 1.807) is 5.57 Å². The number of allylic oxidation sites excluding steroid dienone is 2. The number of unbranched alkanes of at least 4 members (excludes halogenated alkanes) is 3. The normalized spacial score (nSPS) is 15.9. The third kappa shape index (κ3) is 3.34. The molecule has 0 heterocycles. The van der Waals surface area contributed by atoms with Crippen molar-refractivity contribution in [2.75, 3.05) is 0 Å². The van der Waals surface area contributed by atoms with Crippen LogP contribution in [0, 0.1) is 6.92 Å². The van der Waals surface area contributed by atoms with Crippen LogP contribution >= 0.6 is 0 Å². The second kappa shape index (κ2) is 3.71. The number of rotatable bonds is 4. The first-order valence-electron chi connectivity index (χ1n) is 3.90. The predicted molar refractivity (Wildman–Crippen MR) is 41.1 cm³/mol. The smallest absolute Gasteiger partial charge is 0.0283 e. The molecule has 0 N–H and O–H groups in total. The summed E-state index contributed by atoms with van der Waals surface area (Å²) in [6, 6.07) is 0. The van der Waals surface area contributed by atoms with E-state index in [0.717, 1.165) is 6.42 Å². The van der Waals surface area contributed by atoms with Gasteiger partial charge in [0.15, 0.2) is 0 Å². The fourth-order valence-electron chi connectivity index (χ4n) is 0.904. The van der Waals surface area contributed by atoms with E-state index in [2.05, 4.69) is 13.0 Å². The van der Waals surface area contributed by atoms with Gasteiger partial charge < -0.3 is 0 Å². The molecule has 51 valence electrons. The van der Waals surface area contributed by atoms with Crippen molar-refractivity contribution in [1.82, 2.24) is 0 Å². The molecule has 1 aliphatic carbocycles. The van der Waals surface area contributed by atoms with Crippen molar-refractivity contribution in [3.63, 3.8) is 0 Å². The summed E-state index contributed by atoms with van der Waals surface area (Å²) < 4.78 is 0. The molecule has 0 amide bonds. The fourth-order valence-corrected chi connectivity index (χ4v) is 0.904. The summed E-state index contributed by atoms with van der Waals surface area (Å²) in [7, 11) is 0. The lowest BCUT2D eigenvalue weighted by Gasteiger charge is -1.89. The molecule has 0 nitrogen and oxygen atoms in total. The quantitative estimate of drug-likeness (QED) is 0.398. The molecule has 0 aromatic heterocycles. The molecule has 0 saturated heterocycles. The highest BCUT2D eigenvalue weighted by Crippen LogP contribution is 2.28. The van der Waals surface area contributed by atoms with Crippen LogP contribution in [0.4, 0.5) is 0 Å². The van der Waals surface area contributed by atoms with Gasteiger partial charge >= 0.3 is 0 Å². The Bertz CT molecular complexity index is 94.6. The summed E-state index contributed by atoms with van der Waals surface area (Å²) in [6.07, 6.45) is 10.2. The minimum Gasteiger partial charge on any atom is -0.0853 e. The van der Waals surface area contributed by atoms with Gasteiger partial charge in [0.05, 0.1) is 0 Å². The highest BCUT2D eigenvalue weighted by Gasteiger charge is 2.08. The molecule has 1 aliphatic rings. The van der Waals surface area contributed by atoms with Crippen molar-refractivity contribution in [3.05, 3.63) is 18.6 Å². The Morgan fingerprint density at radius 2 is 2.11 bits per heavy atom. The minimum absolute atomic E-state index is 1.10. The van der Waals surface area contributed by atoms with Gasteiger partial charge in [-0.2, -0.15) is 0 Å². The third-order valence-electron chi connectivity index (χ3n) is 1.68. The van der Waals surface area contributed by atoms with E-state index in [1.807, 2.05) is 0 Å². The second-order valence-corrected chi connectivity index (χ2v) is 2.71. The lowest BCUT2D eigenvalue weighted by Crippen LogP contribution is -1.69. The van der Waals surface area contributed by atoms with Gasteiger partial charge in [-0.25, -0.2) is 0 Å². The zero-order chi connectivity index (χ0) is 6.53. The summed E-state index contributed by atoms with van der Waals surface area (Å²) in [4.78, 5) is 0. The van der Waals surface area contributed by atoms with Gasteiger partial charge in [0.1, 0.15) is 0 Å². The van der Waals surface area contributed by atoms with Gasteiger partial charge in [0, 0.05) is 0 Å². The Morgan fingerprint density at radius 3 is 2.67 bits per heavy atom. The summed E-state index contributed by atoms with van der Waals surface area (Å²) >= 11 is 0. The van der Waals surface area contributed by atoms with Crippen molar-refractivity contribution in [3.8, 4) is 0 Å². The summed E-state index contributed by atoms with van der Waals surface area (Å²) in [5.74, 6) is 0. The van der Waals surface area contributed by atoms with Crippen LogP contribution in [-0.2, 0) is 0 Å². The molecule has 1 rings (SSSR count). The maximum atomic E-state index is 3.80. The van der Waals surface area contributed by atoms with Crippen LogP contribution in [0.5, 0.6) is 0 Å². The van der Waals surface area contributed by atoms with Crippen LogP contribution in [0.15, 0.2) is 11.6 Å². The highest BCUT2D eigenvalue weighted by atomic mass is 14.1. The topological polar surface area (TPSA) is 0 Å². The SMILES string of the molecule is [CH2]CCCCC=C1CC1. The van der Waals surface area contributed by atoms with E-state index in [0.29, 0.717) is 0 Å². The molecule has 9 heavy (non-hydrogen) atoms. The van der Waals surface area contributed by atoms with E-state index in [1.165, 1.54) is 32.1 Å². The molecule has 0 heteroatoms. The van der Waals surface area contributed by atoms with Gasteiger partial charge in [-0.3, -0.25) is 0 Å². The molecule has 0 atom stereocenters. The molecular formula is C9H15. The second-order valence-electron chi connectivity index (χ2n) is 2.71.